The maximum absolute atomic E-state index is 13.4. The van der Waals surface area contributed by atoms with Crippen molar-refractivity contribution in [2.75, 3.05) is 13.2 Å². The number of primary amides is 1. The second-order valence-corrected chi connectivity index (χ2v) is 12.9. The van der Waals surface area contributed by atoms with E-state index >= 15 is 0 Å². The van der Waals surface area contributed by atoms with Crippen molar-refractivity contribution in [1.82, 2.24) is 14.9 Å². The van der Waals surface area contributed by atoms with Crippen LogP contribution in [0.4, 0.5) is 0 Å². The summed E-state index contributed by atoms with van der Waals surface area (Å²) in [7, 11) is -3.87. The van der Waals surface area contributed by atoms with Gasteiger partial charge in [0.15, 0.2) is 0 Å². The summed E-state index contributed by atoms with van der Waals surface area (Å²) in [5.41, 5.74) is 3.91. The number of nitrogens with two attached hydrogens (primary N) is 1. The summed E-state index contributed by atoms with van der Waals surface area (Å²) in [6.45, 7) is 4.49. The normalized spacial score (nSPS) is 21.6. The van der Waals surface area contributed by atoms with Gasteiger partial charge in [-0.3, -0.25) is 14.4 Å². The fraction of sp³-hybridized carbons (Fsp3) is 0.542. The average Bonchev–Trinajstić information content (AvgIpc) is 3.55. The van der Waals surface area contributed by atoms with Gasteiger partial charge in [0.1, 0.15) is 11.1 Å². The Kier molecular flexibility index (Phi) is 7.90. The van der Waals surface area contributed by atoms with Crippen molar-refractivity contribution in [1.29, 1.82) is 0 Å². The summed E-state index contributed by atoms with van der Waals surface area (Å²) >= 11 is 5.88. The molecular weight excluding hydrogens is 508 g/mol. The van der Waals surface area contributed by atoms with E-state index in [1.165, 1.54) is 6.08 Å². The molecule has 1 aromatic rings. The number of benzene rings is 1. The number of nitrogens with one attached hydrogen (secondary N) is 2. The lowest BCUT2D eigenvalue weighted by Gasteiger charge is -2.45. The van der Waals surface area contributed by atoms with Gasteiger partial charge < -0.3 is 21.1 Å². The molecule has 0 aromatic heterocycles. The zero-order chi connectivity index (χ0) is 26.9. The number of hydrogen-bond donors (Lipinski definition) is 4. The molecule has 1 atom stereocenters. The molecule has 0 bridgehead atoms. The summed E-state index contributed by atoms with van der Waals surface area (Å²) in [5.74, 6) is -2.34. The molecule has 0 radical (unpaired) electrons. The Morgan fingerprint density at radius 1 is 1.19 bits per heavy atom. The molecule has 10 nitrogen and oxygen atoms in total. The minimum Gasteiger partial charge on any atom is -0.395 e. The van der Waals surface area contributed by atoms with Crippen LogP contribution in [0.15, 0.2) is 35.9 Å². The highest BCUT2D eigenvalue weighted by atomic mass is 35.5. The van der Waals surface area contributed by atoms with E-state index in [1.807, 2.05) is 0 Å². The maximum atomic E-state index is 13.4. The molecule has 1 fully saturated rings. The van der Waals surface area contributed by atoms with Crippen molar-refractivity contribution in [2.45, 2.75) is 68.8 Å². The topological polar surface area (TPSA) is 159 Å². The first-order valence-electron chi connectivity index (χ1n) is 11.7. The van der Waals surface area contributed by atoms with E-state index in [1.54, 1.807) is 45.0 Å². The van der Waals surface area contributed by atoms with E-state index in [9.17, 15) is 27.9 Å². The minimum absolute atomic E-state index is 0.140. The Morgan fingerprint density at radius 3 is 2.31 bits per heavy atom. The Morgan fingerprint density at radius 2 is 1.81 bits per heavy atom. The van der Waals surface area contributed by atoms with Crippen LogP contribution in [0.25, 0.3) is 0 Å². The van der Waals surface area contributed by atoms with Crippen molar-refractivity contribution in [3.05, 3.63) is 46.5 Å². The van der Waals surface area contributed by atoms with Gasteiger partial charge in [-0.25, -0.2) is 13.1 Å². The van der Waals surface area contributed by atoms with Crippen molar-refractivity contribution >= 4 is 39.3 Å². The molecule has 3 amide bonds. The van der Waals surface area contributed by atoms with Gasteiger partial charge in [-0.2, -0.15) is 0 Å². The van der Waals surface area contributed by atoms with Crippen LogP contribution in [0.5, 0.6) is 0 Å². The van der Waals surface area contributed by atoms with Gasteiger partial charge in [-0.15, -0.1) is 0 Å². The fourth-order valence-electron chi connectivity index (χ4n) is 4.51. The van der Waals surface area contributed by atoms with Crippen LogP contribution < -0.4 is 15.8 Å². The predicted molar refractivity (Wildman–Crippen MR) is 135 cm³/mol. The van der Waals surface area contributed by atoms with Crippen LogP contribution in [0.2, 0.25) is 5.02 Å². The molecule has 3 rings (SSSR count). The van der Waals surface area contributed by atoms with E-state index < -0.39 is 50.2 Å². The summed E-state index contributed by atoms with van der Waals surface area (Å²) in [4.78, 5) is 40.2. The molecule has 12 heteroatoms. The lowest BCUT2D eigenvalue weighted by atomic mass is 9.81. The van der Waals surface area contributed by atoms with Gasteiger partial charge in [0, 0.05) is 30.1 Å². The lowest BCUT2D eigenvalue weighted by molar-refractivity contribution is -0.147. The van der Waals surface area contributed by atoms with Crippen molar-refractivity contribution in [3.63, 3.8) is 0 Å². The number of amides is 3. The summed E-state index contributed by atoms with van der Waals surface area (Å²) < 4.78 is 27.8. The molecule has 5 N–H and O–H groups in total. The molecule has 0 saturated heterocycles. The number of nitrogens with zero attached hydrogens (tertiary/aromatic N) is 1. The van der Waals surface area contributed by atoms with Crippen LogP contribution in [0, 0.1) is 0 Å². The SMILES string of the molecule is CC(C)(C)NS(=O)(=O)C1(CC2(C(N)=O)CC=C(C(=O)NCc3ccc(Cl)cc3)C(=O)N2CCO)CC1. The van der Waals surface area contributed by atoms with E-state index in [0.29, 0.717) is 17.9 Å². The quantitative estimate of drug-likeness (QED) is 0.324. The number of halogens is 1. The van der Waals surface area contributed by atoms with Crippen LogP contribution in [-0.2, 0) is 31.0 Å². The highest BCUT2D eigenvalue weighted by Crippen LogP contribution is 2.51. The van der Waals surface area contributed by atoms with Gasteiger partial charge in [-0.1, -0.05) is 29.8 Å². The molecule has 1 saturated carbocycles. The first-order valence-corrected chi connectivity index (χ1v) is 13.5. The number of aliphatic hydroxyl groups excluding tert-OH is 1. The molecule has 0 spiro atoms. The fourth-order valence-corrected chi connectivity index (χ4v) is 6.72. The van der Waals surface area contributed by atoms with Crippen LogP contribution in [-0.4, -0.2) is 65.1 Å². The highest BCUT2D eigenvalue weighted by molar-refractivity contribution is 7.91. The molecule has 1 aromatic carbocycles. The zero-order valence-corrected chi connectivity index (χ0v) is 22.2. The zero-order valence-electron chi connectivity index (χ0n) is 20.6. The van der Waals surface area contributed by atoms with Gasteiger partial charge in [0.05, 0.1) is 11.4 Å². The van der Waals surface area contributed by atoms with E-state index in [-0.39, 0.29) is 31.5 Å². The number of rotatable bonds is 10. The molecule has 198 valence electrons. The van der Waals surface area contributed by atoms with E-state index in [2.05, 4.69) is 10.0 Å². The Bertz CT molecular complexity index is 1170. The Labute approximate surface area is 216 Å². The second-order valence-electron chi connectivity index (χ2n) is 10.4. The molecule has 1 heterocycles. The average molecular weight is 541 g/mol. The smallest absolute Gasteiger partial charge is 0.260 e. The van der Waals surface area contributed by atoms with Gasteiger partial charge in [0.2, 0.25) is 15.9 Å². The summed E-state index contributed by atoms with van der Waals surface area (Å²) in [6, 6.07) is 6.82. The Balaban J connectivity index is 1.89. The number of β-amino-alcohol motifs (C(OH)–C–C–N with tert-alkyl or cyclic N) is 1. The highest BCUT2D eigenvalue weighted by Gasteiger charge is 2.62. The monoisotopic (exact) mass is 540 g/mol. The molecular formula is C24H33ClN4O6S. The van der Waals surface area contributed by atoms with Gasteiger partial charge >= 0.3 is 0 Å². The van der Waals surface area contributed by atoms with Crippen LogP contribution >= 0.6 is 11.6 Å². The van der Waals surface area contributed by atoms with E-state index in [0.717, 1.165) is 10.5 Å². The molecule has 36 heavy (non-hydrogen) atoms. The van der Waals surface area contributed by atoms with Crippen molar-refractivity contribution in [2.24, 2.45) is 5.73 Å². The van der Waals surface area contributed by atoms with Crippen LogP contribution in [0.1, 0.15) is 52.0 Å². The number of hydrogen-bond acceptors (Lipinski definition) is 6. The van der Waals surface area contributed by atoms with Gasteiger partial charge in [0.25, 0.3) is 11.8 Å². The van der Waals surface area contributed by atoms with Crippen molar-refractivity contribution in [3.8, 4) is 0 Å². The van der Waals surface area contributed by atoms with E-state index in [4.69, 9.17) is 17.3 Å². The van der Waals surface area contributed by atoms with Gasteiger partial charge in [-0.05, 0) is 57.7 Å². The summed E-state index contributed by atoms with van der Waals surface area (Å²) in [5, 5.41) is 12.9. The van der Waals surface area contributed by atoms with Crippen molar-refractivity contribution < 1.29 is 27.9 Å². The number of carbonyl (C=O) groups is 3. The first kappa shape index (κ1) is 28.1. The third-order valence-electron chi connectivity index (χ3n) is 6.46. The third kappa shape index (κ3) is 5.74. The minimum atomic E-state index is -3.87. The number of carbonyl (C=O) groups excluding carboxylic acids is 3. The first-order chi connectivity index (χ1) is 16.7. The number of aliphatic hydroxyl groups is 1. The lowest BCUT2D eigenvalue weighted by Crippen LogP contribution is -2.65. The largest absolute Gasteiger partial charge is 0.395 e. The third-order valence-corrected chi connectivity index (χ3v) is 9.29. The molecule has 2 aliphatic rings. The molecule has 1 aliphatic heterocycles. The second kappa shape index (κ2) is 10.1. The summed E-state index contributed by atoms with van der Waals surface area (Å²) in [6.07, 6.45) is 1.55. The molecule has 1 unspecified atom stereocenters. The molecule has 1 aliphatic carbocycles. The standard InChI is InChI=1S/C24H33ClN4O6S/c1-22(2,3)28-36(34,35)23(10-11-23)15-24(21(26)33)9-8-18(20(32)29(24)12-13-30)19(31)27-14-16-4-6-17(25)7-5-16/h4-8,28,30H,9-15H2,1-3H3,(H2,26,33)(H,27,31). The maximum Gasteiger partial charge on any atom is 0.260 e. The van der Waals surface area contributed by atoms with Crippen LogP contribution in [0.3, 0.4) is 0 Å². The number of sulfonamides is 1. The Hall–Kier alpha value is -2.47. The predicted octanol–water partition coefficient (Wildman–Crippen LogP) is 0.972.